The lowest BCUT2D eigenvalue weighted by atomic mass is 9.72. The maximum absolute atomic E-state index is 14.5. The molecule has 5 aliphatic rings. The van der Waals surface area contributed by atoms with Crippen molar-refractivity contribution in [3.8, 4) is 28.8 Å². The first-order valence-electron chi connectivity index (χ1n) is 14.8. The number of anilines is 1. The third kappa shape index (κ3) is 4.45. The monoisotopic (exact) mass is 566 g/mol. The zero-order valence-corrected chi connectivity index (χ0v) is 23.2. The highest BCUT2D eigenvalue weighted by molar-refractivity contribution is 5.83. The number of piperidine rings is 2. The van der Waals surface area contributed by atoms with Crippen molar-refractivity contribution in [2.75, 3.05) is 37.6 Å². The van der Waals surface area contributed by atoms with Crippen LogP contribution in [0.3, 0.4) is 0 Å². The Labute approximate surface area is 242 Å². The molecule has 3 atom stereocenters. The van der Waals surface area contributed by atoms with Crippen LogP contribution in [-0.2, 0) is 4.79 Å². The molecule has 8 rings (SSSR count). The van der Waals surface area contributed by atoms with Crippen molar-refractivity contribution in [1.82, 2.24) is 30.4 Å². The number of amides is 1. The summed E-state index contributed by atoms with van der Waals surface area (Å²) in [6.07, 6.45) is 6.50. The maximum Gasteiger partial charge on any atom is 0.282 e. The molecular weight excluding hydrogens is 535 g/mol. The number of fused-ring (bicyclic) bond motifs is 1. The van der Waals surface area contributed by atoms with E-state index in [2.05, 4.69) is 41.4 Å². The summed E-state index contributed by atoms with van der Waals surface area (Å²) in [6, 6.07) is 9.97. The van der Waals surface area contributed by atoms with Gasteiger partial charge in [-0.15, -0.1) is 10.2 Å². The highest BCUT2D eigenvalue weighted by Gasteiger charge is 2.53. The van der Waals surface area contributed by atoms with Crippen molar-refractivity contribution in [3.05, 3.63) is 53.9 Å². The van der Waals surface area contributed by atoms with Crippen molar-refractivity contribution in [3.63, 3.8) is 0 Å². The Bertz CT molecular complexity index is 1600. The van der Waals surface area contributed by atoms with Gasteiger partial charge >= 0.3 is 0 Å². The molecule has 10 nitrogen and oxygen atoms in total. The Morgan fingerprint density at radius 1 is 1.14 bits per heavy atom. The topological polar surface area (TPSA) is 120 Å². The predicted molar refractivity (Wildman–Crippen MR) is 150 cm³/mol. The molecule has 5 fully saturated rings. The smallest absolute Gasteiger partial charge is 0.282 e. The third-order valence-corrected chi connectivity index (χ3v) is 9.77. The average Bonchev–Trinajstić information content (AvgIpc) is 3.95. The van der Waals surface area contributed by atoms with Crippen molar-refractivity contribution in [1.29, 1.82) is 5.26 Å². The standard InChI is InChI=1S/C31H31FN8O2/c32-20-3-6-25(24(12-20)22-5-4-21(13-33)37-26(22)18-1-2-18)42-29-28(35-17-36-38-29)40-15-31(16-40)7-9-39(10-8-31)30(41)27-23-11-19(23)14-34-27/h3-6,12,17-19,23,27,34H,1-2,7-11,14-16H2/t19-,23-,27-/m0/s1. The van der Waals surface area contributed by atoms with Gasteiger partial charge in [0.15, 0.2) is 5.82 Å². The summed E-state index contributed by atoms with van der Waals surface area (Å²) in [4.78, 5) is 26.3. The number of ether oxygens (including phenoxy) is 1. The van der Waals surface area contributed by atoms with Crippen molar-refractivity contribution >= 4 is 11.7 Å². The normalized spacial score (nSPS) is 25.5. The molecule has 1 N–H and O–H groups in total. The predicted octanol–water partition coefficient (Wildman–Crippen LogP) is 3.65. The lowest BCUT2D eigenvalue weighted by Crippen LogP contribution is -2.62. The summed E-state index contributed by atoms with van der Waals surface area (Å²) in [6.45, 7) is 4.16. The lowest BCUT2D eigenvalue weighted by Gasteiger charge is -2.54. The fourth-order valence-corrected chi connectivity index (χ4v) is 7.12. The van der Waals surface area contributed by atoms with Crippen LogP contribution in [0.15, 0.2) is 36.7 Å². The fourth-order valence-electron chi connectivity index (χ4n) is 7.12. The first-order valence-corrected chi connectivity index (χ1v) is 14.8. The van der Waals surface area contributed by atoms with Crippen molar-refractivity contribution in [2.45, 2.75) is 44.1 Å². The van der Waals surface area contributed by atoms with Gasteiger partial charge in [-0.1, -0.05) is 0 Å². The fraction of sp³-hybridized carbons (Fsp3) is 0.484. The van der Waals surface area contributed by atoms with E-state index in [1.807, 2.05) is 6.07 Å². The largest absolute Gasteiger partial charge is 0.434 e. The quantitative estimate of drug-likeness (QED) is 0.477. The van der Waals surface area contributed by atoms with E-state index in [-0.39, 0.29) is 29.2 Å². The Morgan fingerprint density at radius 3 is 2.69 bits per heavy atom. The summed E-state index contributed by atoms with van der Waals surface area (Å²) in [7, 11) is 0. The summed E-state index contributed by atoms with van der Waals surface area (Å²) in [5.74, 6) is 2.67. The number of nitrogens with zero attached hydrogens (tertiary/aromatic N) is 7. The van der Waals surface area contributed by atoms with E-state index in [9.17, 15) is 14.4 Å². The van der Waals surface area contributed by atoms with Gasteiger partial charge in [0, 0.05) is 48.6 Å². The van der Waals surface area contributed by atoms with Gasteiger partial charge in [0.1, 0.15) is 29.7 Å². The maximum atomic E-state index is 14.5. The minimum atomic E-state index is -0.392. The van der Waals surface area contributed by atoms with Crippen LogP contribution in [0.5, 0.6) is 11.6 Å². The molecule has 1 spiro atoms. The molecule has 0 bridgehead atoms. The van der Waals surface area contributed by atoms with Crippen LogP contribution in [-0.4, -0.2) is 69.7 Å². The number of rotatable bonds is 6. The first-order chi connectivity index (χ1) is 20.5. The van der Waals surface area contributed by atoms with Crippen LogP contribution in [0.2, 0.25) is 0 Å². The number of hydrogen-bond donors (Lipinski definition) is 1. The van der Waals surface area contributed by atoms with E-state index >= 15 is 0 Å². The number of hydrogen-bond acceptors (Lipinski definition) is 9. The van der Waals surface area contributed by atoms with Crippen LogP contribution in [0.1, 0.15) is 49.4 Å². The molecule has 1 amide bonds. The number of nitriles is 1. The Morgan fingerprint density at radius 2 is 1.98 bits per heavy atom. The highest BCUT2D eigenvalue weighted by Crippen LogP contribution is 2.49. The van der Waals surface area contributed by atoms with E-state index in [1.54, 1.807) is 12.1 Å². The second-order valence-corrected chi connectivity index (χ2v) is 12.6. The van der Waals surface area contributed by atoms with Crippen LogP contribution < -0.4 is 15.0 Å². The molecule has 214 valence electrons. The molecule has 0 unspecified atom stereocenters. The zero-order valence-electron chi connectivity index (χ0n) is 23.2. The molecule has 3 aliphatic heterocycles. The molecule has 2 aromatic heterocycles. The number of aromatic nitrogens is 4. The SMILES string of the molecule is N#Cc1ccc(-c2cc(F)ccc2Oc2nncnc2N2CC3(CCN(C(=O)[C@H]4NC[C@@H]5C[C@@H]54)CC3)C2)c(C2CC2)n1. The van der Waals surface area contributed by atoms with E-state index < -0.39 is 5.82 Å². The molecule has 42 heavy (non-hydrogen) atoms. The van der Waals surface area contributed by atoms with Crippen LogP contribution >= 0.6 is 0 Å². The summed E-state index contributed by atoms with van der Waals surface area (Å²) in [5, 5.41) is 21.0. The van der Waals surface area contributed by atoms with E-state index in [0.717, 1.165) is 69.7 Å². The van der Waals surface area contributed by atoms with E-state index in [1.165, 1.54) is 24.9 Å². The minimum absolute atomic E-state index is 0.0190. The molecule has 3 aromatic rings. The molecule has 3 saturated heterocycles. The number of likely N-dealkylation sites (tertiary alicyclic amines) is 1. The van der Waals surface area contributed by atoms with E-state index in [4.69, 9.17) is 4.74 Å². The van der Waals surface area contributed by atoms with Gasteiger partial charge in [0.2, 0.25) is 5.91 Å². The Kier molecular flexibility index (Phi) is 5.89. The molecule has 11 heteroatoms. The van der Waals surface area contributed by atoms with Gasteiger partial charge in [-0.2, -0.15) is 5.26 Å². The molecule has 0 radical (unpaired) electrons. The number of carbonyl (C=O) groups is 1. The summed E-state index contributed by atoms with van der Waals surface area (Å²) < 4.78 is 20.8. The lowest BCUT2D eigenvalue weighted by molar-refractivity contribution is -0.136. The highest BCUT2D eigenvalue weighted by atomic mass is 19.1. The second kappa shape index (κ2) is 9.70. The third-order valence-electron chi connectivity index (χ3n) is 9.77. The molecular formula is C31H31FN8O2. The van der Waals surface area contributed by atoms with Gasteiger partial charge < -0.3 is 19.9 Å². The number of pyridine rings is 1. The first kappa shape index (κ1) is 25.5. The Balaban J connectivity index is 0.991. The van der Waals surface area contributed by atoms with Crippen molar-refractivity contribution in [2.24, 2.45) is 17.3 Å². The number of benzene rings is 1. The van der Waals surface area contributed by atoms with Gasteiger partial charge in [0.25, 0.3) is 5.88 Å². The molecule has 2 saturated carbocycles. The number of carbonyl (C=O) groups excluding carboxylic acids is 1. The van der Waals surface area contributed by atoms with Crippen LogP contribution in [0, 0.1) is 34.4 Å². The van der Waals surface area contributed by atoms with Gasteiger partial charge in [-0.25, -0.2) is 14.4 Å². The Hall–Kier alpha value is -4.17. The second-order valence-electron chi connectivity index (χ2n) is 12.6. The zero-order chi connectivity index (χ0) is 28.4. The molecule has 1 aromatic carbocycles. The summed E-state index contributed by atoms with van der Waals surface area (Å²) in [5.41, 5.74) is 2.57. The van der Waals surface area contributed by atoms with Crippen molar-refractivity contribution < 1.29 is 13.9 Å². The van der Waals surface area contributed by atoms with E-state index in [0.29, 0.717) is 34.7 Å². The molecule has 2 aliphatic carbocycles. The van der Waals surface area contributed by atoms with Crippen LogP contribution in [0.4, 0.5) is 10.2 Å². The minimum Gasteiger partial charge on any atom is -0.434 e. The van der Waals surface area contributed by atoms with Gasteiger partial charge in [-0.3, -0.25) is 4.79 Å². The molecule has 5 heterocycles. The number of halogens is 1. The van der Waals surface area contributed by atoms with Gasteiger partial charge in [0.05, 0.1) is 11.7 Å². The van der Waals surface area contributed by atoms with Crippen LogP contribution in [0.25, 0.3) is 11.1 Å². The summed E-state index contributed by atoms with van der Waals surface area (Å²) >= 11 is 0. The van der Waals surface area contributed by atoms with Gasteiger partial charge in [-0.05, 0) is 80.8 Å². The number of nitrogens with one attached hydrogen (secondary N) is 1. The average molecular weight is 567 g/mol.